The molecule has 110 valence electrons. The SMILES string of the molecule is CC(=CC(=O)NC(C)Cn1ccnc1)c1ccccc1C. The van der Waals surface area contributed by atoms with Gasteiger partial charge < -0.3 is 9.88 Å². The first-order chi connectivity index (χ1) is 10.1. The van der Waals surface area contributed by atoms with Crippen LogP contribution in [0.5, 0.6) is 0 Å². The first-order valence-electron chi connectivity index (χ1n) is 7.07. The standard InChI is InChI=1S/C17H21N3O/c1-13-6-4-5-7-16(13)14(2)10-17(21)19-15(3)11-20-9-8-18-12-20/h4-10,12,15H,11H2,1-3H3,(H,19,21). The summed E-state index contributed by atoms with van der Waals surface area (Å²) < 4.78 is 1.95. The van der Waals surface area contributed by atoms with Crippen molar-refractivity contribution in [2.75, 3.05) is 0 Å². The van der Waals surface area contributed by atoms with Crippen LogP contribution in [0.3, 0.4) is 0 Å². The van der Waals surface area contributed by atoms with Crippen LogP contribution in [-0.2, 0) is 11.3 Å². The van der Waals surface area contributed by atoms with Crippen molar-refractivity contribution >= 4 is 11.5 Å². The molecule has 4 heteroatoms. The number of allylic oxidation sites excluding steroid dienone is 1. The van der Waals surface area contributed by atoms with Gasteiger partial charge in [0.05, 0.1) is 6.33 Å². The monoisotopic (exact) mass is 283 g/mol. The Morgan fingerprint density at radius 2 is 2.19 bits per heavy atom. The lowest BCUT2D eigenvalue weighted by Crippen LogP contribution is -2.34. The smallest absolute Gasteiger partial charge is 0.244 e. The lowest BCUT2D eigenvalue weighted by molar-refractivity contribution is -0.117. The van der Waals surface area contributed by atoms with Gasteiger partial charge in [-0.1, -0.05) is 24.3 Å². The zero-order valence-corrected chi connectivity index (χ0v) is 12.7. The fourth-order valence-corrected chi connectivity index (χ4v) is 2.33. The molecule has 1 heterocycles. The summed E-state index contributed by atoms with van der Waals surface area (Å²) in [5.41, 5.74) is 3.25. The molecule has 0 bridgehead atoms. The fourth-order valence-electron chi connectivity index (χ4n) is 2.33. The maximum atomic E-state index is 12.1. The molecule has 0 radical (unpaired) electrons. The lowest BCUT2D eigenvalue weighted by Gasteiger charge is -2.13. The highest BCUT2D eigenvalue weighted by Gasteiger charge is 2.07. The molecule has 0 aliphatic carbocycles. The molecule has 0 spiro atoms. The number of hydrogen-bond donors (Lipinski definition) is 1. The second kappa shape index (κ2) is 6.88. The van der Waals surface area contributed by atoms with Gasteiger partial charge in [-0.15, -0.1) is 0 Å². The zero-order chi connectivity index (χ0) is 15.2. The molecule has 1 N–H and O–H groups in total. The predicted molar refractivity (Wildman–Crippen MR) is 84.7 cm³/mol. The van der Waals surface area contributed by atoms with Crippen molar-refractivity contribution in [3.05, 3.63) is 60.2 Å². The second-order valence-electron chi connectivity index (χ2n) is 5.31. The molecular weight excluding hydrogens is 262 g/mol. The predicted octanol–water partition coefficient (Wildman–Crippen LogP) is 2.80. The molecule has 1 unspecified atom stereocenters. The van der Waals surface area contributed by atoms with E-state index in [9.17, 15) is 4.79 Å². The number of aromatic nitrogens is 2. The minimum atomic E-state index is -0.0663. The van der Waals surface area contributed by atoms with Gasteiger partial charge >= 0.3 is 0 Å². The number of imidazole rings is 1. The van der Waals surface area contributed by atoms with Gasteiger partial charge in [0.15, 0.2) is 0 Å². The molecule has 0 fully saturated rings. The van der Waals surface area contributed by atoms with Crippen molar-refractivity contribution in [3.63, 3.8) is 0 Å². The summed E-state index contributed by atoms with van der Waals surface area (Å²) in [6.07, 6.45) is 7.03. The van der Waals surface area contributed by atoms with Gasteiger partial charge in [-0.05, 0) is 37.5 Å². The Hall–Kier alpha value is -2.36. The Kier molecular flexibility index (Phi) is 4.93. The van der Waals surface area contributed by atoms with E-state index in [0.717, 1.165) is 11.1 Å². The van der Waals surface area contributed by atoms with E-state index in [4.69, 9.17) is 0 Å². The van der Waals surface area contributed by atoms with Crippen LogP contribution < -0.4 is 5.32 Å². The molecule has 0 saturated heterocycles. The van der Waals surface area contributed by atoms with E-state index in [1.54, 1.807) is 18.6 Å². The van der Waals surface area contributed by atoms with Crippen molar-refractivity contribution in [2.45, 2.75) is 33.4 Å². The van der Waals surface area contributed by atoms with E-state index < -0.39 is 0 Å². The van der Waals surface area contributed by atoms with Crippen LogP contribution in [0.25, 0.3) is 5.57 Å². The highest BCUT2D eigenvalue weighted by Crippen LogP contribution is 2.17. The topological polar surface area (TPSA) is 46.9 Å². The van der Waals surface area contributed by atoms with Gasteiger partial charge in [0.1, 0.15) is 0 Å². The van der Waals surface area contributed by atoms with E-state index in [2.05, 4.69) is 10.3 Å². The molecule has 0 aliphatic heterocycles. The molecular formula is C17H21N3O. The Labute approximate surface area is 125 Å². The largest absolute Gasteiger partial charge is 0.348 e. The Bertz CT molecular complexity index is 629. The van der Waals surface area contributed by atoms with Crippen LogP contribution in [-0.4, -0.2) is 21.5 Å². The van der Waals surface area contributed by atoms with Crippen LogP contribution in [0.1, 0.15) is 25.0 Å². The summed E-state index contributed by atoms with van der Waals surface area (Å²) >= 11 is 0. The average Bonchev–Trinajstić information content (AvgIpc) is 2.91. The quantitative estimate of drug-likeness (QED) is 0.858. The molecule has 0 aliphatic rings. The number of amides is 1. The van der Waals surface area contributed by atoms with Gasteiger partial charge in [0.2, 0.25) is 5.91 Å². The normalized spacial score (nSPS) is 13.0. The van der Waals surface area contributed by atoms with Crippen LogP contribution in [0.2, 0.25) is 0 Å². The highest BCUT2D eigenvalue weighted by molar-refractivity contribution is 5.95. The highest BCUT2D eigenvalue weighted by atomic mass is 16.1. The van der Waals surface area contributed by atoms with Crippen LogP contribution in [0.4, 0.5) is 0 Å². The zero-order valence-electron chi connectivity index (χ0n) is 12.7. The van der Waals surface area contributed by atoms with E-state index in [1.807, 2.05) is 55.8 Å². The fraction of sp³-hybridized carbons (Fsp3) is 0.294. The molecule has 21 heavy (non-hydrogen) atoms. The minimum absolute atomic E-state index is 0.0487. The Morgan fingerprint density at radius 3 is 2.86 bits per heavy atom. The number of nitrogens with zero attached hydrogens (tertiary/aromatic N) is 2. The third kappa shape index (κ3) is 4.31. The van der Waals surface area contributed by atoms with E-state index in [0.29, 0.717) is 6.54 Å². The molecule has 1 aromatic carbocycles. The van der Waals surface area contributed by atoms with Gasteiger partial charge in [0.25, 0.3) is 0 Å². The third-order valence-corrected chi connectivity index (χ3v) is 3.35. The average molecular weight is 283 g/mol. The van der Waals surface area contributed by atoms with Gasteiger partial charge in [-0.25, -0.2) is 4.98 Å². The van der Waals surface area contributed by atoms with E-state index in [1.165, 1.54) is 5.56 Å². The minimum Gasteiger partial charge on any atom is -0.348 e. The third-order valence-electron chi connectivity index (χ3n) is 3.35. The second-order valence-corrected chi connectivity index (χ2v) is 5.31. The molecule has 1 atom stereocenters. The van der Waals surface area contributed by atoms with Gasteiger partial charge in [-0.2, -0.15) is 0 Å². The summed E-state index contributed by atoms with van der Waals surface area (Å²) in [6.45, 7) is 6.70. The maximum absolute atomic E-state index is 12.1. The van der Waals surface area contributed by atoms with Crippen molar-refractivity contribution in [2.24, 2.45) is 0 Å². The number of aryl methyl sites for hydroxylation is 1. The number of rotatable bonds is 5. The summed E-state index contributed by atoms with van der Waals surface area (Å²) in [6, 6.07) is 8.11. The van der Waals surface area contributed by atoms with E-state index in [-0.39, 0.29) is 11.9 Å². The van der Waals surface area contributed by atoms with Gasteiger partial charge in [-0.3, -0.25) is 4.79 Å². The number of nitrogens with one attached hydrogen (secondary N) is 1. The van der Waals surface area contributed by atoms with Crippen LogP contribution in [0, 0.1) is 6.92 Å². The molecule has 2 aromatic rings. The summed E-state index contributed by atoms with van der Waals surface area (Å²) in [5, 5.41) is 2.97. The Balaban J connectivity index is 1.97. The Morgan fingerprint density at radius 1 is 1.43 bits per heavy atom. The van der Waals surface area contributed by atoms with Gasteiger partial charge in [0, 0.05) is 31.1 Å². The summed E-state index contributed by atoms with van der Waals surface area (Å²) in [7, 11) is 0. The summed E-state index contributed by atoms with van der Waals surface area (Å²) in [5.74, 6) is -0.0663. The first kappa shape index (κ1) is 15.0. The van der Waals surface area contributed by atoms with E-state index >= 15 is 0 Å². The molecule has 1 amide bonds. The maximum Gasteiger partial charge on any atom is 0.244 e. The van der Waals surface area contributed by atoms with Crippen molar-refractivity contribution in [1.82, 2.24) is 14.9 Å². The van der Waals surface area contributed by atoms with Crippen LogP contribution >= 0.6 is 0 Å². The molecule has 1 aromatic heterocycles. The number of carbonyl (C=O) groups is 1. The van der Waals surface area contributed by atoms with Crippen LogP contribution in [0.15, 0.2) is 49.1 Å². The molecule has 2 rings (SSSR count). The number of benzene rings is 1. The number of carbonyl (C=O) groups excluding carboxylic acids is 1. The van der Waals surface area contributed by atoms with Crippen molar-refractivity contribution < 1.29 is 4.79 Å². The number of hydrogen-bond acceptors (Lipinski definition) is 2. The summed E-state index contributed by atoms with van der Waals surface area (Å²) in [4.78, 5) is 16.1. The van der Waals surface area contributed by atoms with Crippen molar-refractivity contribution in [3.8, 4) is 0 Å². The van der Waals surface area contributed by atoms with Crippen molar-refractivity contribution in [1.29, 1.82) is 0 Å². The molecule has 4 nitrogen and oxygen atoms in total. The molecule has 0 saturated carbocycles. The lowest BCUT2D eigenvalue weighted by atomic mass is 10.0. The first-order valence-corrected chi connectivity index (χ1v) is 7.07.